The fraction of sp³-hybridized carbons (Fsp3) is 0.296. The molecule has 1 saturated heterocycles. The Hall–Kier alpha value is -3.51. The third-order valence-electron chi connectivity index (χ3n) is 7.05. The molecule has 2 aliphatic heterocycles. The van der Waals surface area contributed by atoms with Crippen LogP contribution in [0, 0.1) is 0 Å². The minimum atomic E-state index is -0.513. The molecule has 0 radical (unpaired) electrons. The van der Waals surface area contributed by atoms with E-state index in [4.69, 9.17) is 18.6 Å². The molecule has 168 valence electrons. The van der Waals surface area contributed by atoms with Crippen molar-refractivity contribution in [2.24, 2.45) is 0 Å². The van der Waals surface area contributed by atoms with Crippen molar-refractivity contribution in [1.82, 2.24) is 4.90 Å². The second kappa shape index (κ2) is 7.81. The van der Waals surface area contributed by atoms with Gasteiger partial charge in [0, 0.05) is 12.6 Å². The topological polar surface area (TPSA) is 61.1 Å². The van der Waals surface area contributed by atoms with Crippen molar-refractivity contribution in [3.8, 4) is 17.2 Å². The first-order chi connectivity index (χ1) is 16.2. The number of carbonyl (C=O) groups is 1. The van der Waals surface area contributed by atoms with Gasteiger partial charge in [-0.1, -0.05) is 6.07 Å². The van der Waals surface area contributed by atoms with Crippen LogP contribution in [-0.2, 0) is 13.0 Å². The summed E-state index contributed by atoms with van der Waals surface area (Å²) in [4.78, 5) is 15.1. The smallest absolute Gasteiger partial charge is 0.379 e. The van der Waals surface area contributed by atoms with Crippen molar-refractivity contribution in [3.05, 3.63) is 65.6 Å². The van der Waals surface area contributed by atoms with Gasteiger partial charge in [-0.3, -0.25) is 4.90 Å². The summed E-state index contributed by atoms with van der Waals surface area (Å²) in [5, 5.41) is 4.47. The zero-order valence-corrected chi connectivity index (χ0v) is 18.7. The van der Waals surface area contributed by atoms with Crippen molar-refractivity contribution in [2.45, 2.75) is 31.8 Å². The molecule has 0 saturated carbocycles. The molecule has 6 rings (SSSR count). The summed E-state index contributed by atoms with van der Waals surface area (Å²) >= 11 is 0. The Bertz CT molecular complexity index is 1380. The van der Waals surface area contributed by atoms with Gasteiger partial charge in [0.2, 0.25) is 5.76 Å². The molecule has 6 nitrogen and oxygen atoms in total. The molecule has 0 aliphatic carbocycles. The first-order valence-electron chi connectivity index (χ1n) is 11.3. The van der Waals surface area contributed by atoms with E-state index in [9.17, 15) is 4.79 Å². The zero-order chi connectivity index (χ0) is 22.5. The average molecular weight is 443 g/mol. The van der Waals surface area contributed by atoms with Gasteiger partial charge in [-0.15, -0.1) is 0 Å². The quantitative estimate of drug-likeness (QED) is 0.241. The van der Waals surface area contributed by atoms with Crippen LogP contribution in [0.1, 0.15) is 34.5 Å². The van der Waals surface area contributed by atoms with E-state index in [1.807, 2.05) is 18.2 Å². The third-order valence-corrected chi connectivity index (χ3v) is 7.05. The van der Waals surface area contributed by atoms with E-state index < -0.39 is 5.97 Å². The molecule has 3 aromatic carbocycles. The maximum absolute atomic E-state index is 12.5. The van der Waals surface area contributed by atoms with Crippen molar-refractivity contribution in [3.63, 3.8) is 0 Å². The van der Waals surface area contributed by atoms with Crippen molar-refractivity contribution in [2.75, 3.05) is 20.8 Å². The number of fused-ring (bicyclic) bond motifs is 7. The number of ether oxygens (including phenoxy) is 3. The Morgan fingerprint density at radius 2 is 1.76 bits per heavy atom. The van der Waals surface area contributed by atoms with Crippen LogP contribution in [0.5, 0.6) is 17.2 Å². The molecule has 0 N–H and O–H groups in total. The van der Waals surface area contributed by atoms with Crippen LogP contribution in [0.25, 0.3) is 21.5 Å². The Kier molecular flexibility index (Phi) is 4.76. The van der Waals surface area contributed by atoms with Gasteiger partial charge in [-0.2, -0.15) is 0 Å². The summed E-state index contributed by atoms with van der Waals surface area (Å²) in [7, 11) is 3.32. The maximum Gasteiger partial charge on any atom is 0.379 e. The van der Waals surface area contributed by atoms with Gasteiger partial charge >= 0.3 is 5.97 Å². The first kappa shape index (κ1) is 20.1. The van der Waals surface area contributed by atoms with Crippen LogP contribution in [-0.4, -0.2) is 37.7 Å². The number of rotatable bonds is 4. The summed E-state index contributed by atoms with van der Waals surface area (Å²) in [6, 6.07) is 13.9. The van der Waals surface area contributed by atoms with E-state index in [0.29, 0.717) is 17.5 Å². The lowest BCUT2D eigenvalue weighted by Crippen LogP contribution is -2.35. The number of esters is 1. The van der Waals surface area contributed by atoms with Crippen molar-refractivity contribution >= 4 is 27.5 Å². The highest BCUT2D eigenvalue weighted by Crippen LogP contribution is 2.44. The fourth-order valence-electron chi connectivity index (χ4n) is 5.49. The summed E-state index contributed by atoms with van der Waals surface area (Å²) < 4.78 is 22.1. The number of hydrogen-bond donors (Lipinski definition) is 0. The fourth-order valence-corrected chi connectivity index (χ4v) is 5.49. The molecule has 2 aliphatic rings. The lowest BCUT2D eigenvalue weighted by molar-refractivity contribution is 0.0701. The second-order valence-corrected chi connectivity index (χ2v) is 8.75. The Labute approximate surface area is 191 Å². The maximum atomic E-state index is 12.5. The van der Waals surface area contributed by atoms with E-state index in [1.165, 1.54) is 41.0 Å². The standard InChI is InChI=1S/C27H25NO5/c1-30-25-13-21-19-11-16-5-3-9-28(16)15-23(19)18-8-7-17(33-27(29)24-6-4-10-32-24)12-20(18)22(21)14-26(25)31-2/h4,6-8,10,12-14,16H,3,5,9,11,15H2,1-2H3/t16-/m1/s1. The lowest BCUT2D eigenvalue weighted by Gasteiger charge is -2.33. The van der Waals surface area contributed by atoms with E-state index in [-0.39, 0.29) is 5.76 Å². The van der Waals surface area contributed by atoms with Crippen molar-refractivity contribution in [1.29, 1.82) is 0 Å². The Morgan fingerprint density at radius 1 is 0.970 bits per heavy atom. The van der Waals surface area contributed by atoms with Crippen LogP contribution >= 0.6 is 0 Å². The Balaban J connectivity index is 1.56. The molecule has 0 bridgehead atoms. The highest BCUT2D eigenvalue weighted by atomic mass is 16.5. The van der Waals surface area contributed by atoms with E-state index >= 15 is 0 Å². The number of methoxy groups -OCH3 is 2. The van der Waals surface area contributed by atoms with Gasteiger partial charge in [0.25, 0.3) is 0 Å². The number of nitrogens with zero attached hydrogens (tertiary/aromatic N) is 1. The molecule has 1 atom stereocenters. The molecule has 4 aromatic rings. The van der Waals surface area contributed by atoms with Crippen LogP contribution in [0.15, 0.2) is 53.1 Å². The van der Waals surface area contributed by atoms with Crippen molar-refractivity contribution < 1.29 is 23.4 Å². The molecule has 0 amide bonds. The SMILES string of the molecule is COc1cc2c3c(c4ccc(OC(=O)c5ccco5)cc4c2cc1OC)CN1CCC[C@@H]1C3. The van der Waals surface area contributed by atoms with Crippen LogP contribution in [0.4, 0.5) is 0 Å². The molecule has 0 unspecified atom stereocenters. The number of hydrogen-bond acceptors (Lipinski definition) is 6. The number of furan rings is 1. The summed E-state index contributed by atoms with van der Waals surface area (Å²) in [6.45, 7) is 2.08. The minimum absolute atomic E-state index is 0.178. The lowest BCUT2D eigenvalue weighted by atomic mass is 9.85. The summed E-state index contributed by atoms with van der Waals surface area (Å²) in [6.07, 6.45) is 4.99. The molecule has 0 spiro atoms. The van der Waals surface area contributed by atoms with Gasteiger partial charge in [0.1, 0.15) is 5.75 Å². The molecule has 33 heavy (non-hydrogen) atoms. The second-order valence-electron chi connectivity index (χ2n) is 8.75. The normalized spacial score (nSPS) is 17.7. The average Bonchev–Trinajstić information content (AvgIpc) is 3.54. The van der Waals surface area contributed by atoms with E-state index in [2.05, 4.69) is 17.0 Å². The highest BCUT2D eigenvalue weighted by Gasteiger charge is 2.32. The van der Waals surface area contributed by atoms with Gasteiger partial charge < -0.3 is 18.6 Å². The summed E-state index contributed by atoms with van der Waals surface area (Å²) in [5.41, 5.74) is 2.74. The van der Waals surface area contributed by atoms with Crippen LogP contribution in [0.3, 0.4) is 0 Å². The zero-order valence-electron chi connectivity index (χ0n) is 18.7. The van der Waals surface area contributed by atoms with Gasteiger partial charge in [0.15, 0.2) is 11.5 Å². The van der Waals surface area contributed by atoms with Gasteiger partial charge in [0.05, 0.1) is 20.5 Å². The molecule has 1 aromatic heterocycles. The molecule has 1 fully saturated rings. The largest absolute Gasteiger partial charge is 0.493 e. The summed E-state index contributed by atoms with van der Waals surface area (Å²) in [5.74, 6) is 1.55. The predicted molar refractivity (Wildman–Crippen MR) is 125 cm³/mol. The van der Waals surface area contributed by atoms with Crippen LogP contribution in [0.2, 0.25) is 0 Å². The number of carbonyl (C=O) groups excluding carboxylic acids is 1. The highest BCUT2D eigenvalue weighted by molar-refractivity contribution is 6.12. The predicted octanol–water partition coefficient (Wildman–Crippen LogP) is 5.34. The monoisotopic (exact) mass is 443 g/mol. The number of benzene rings is 3. The van der Waals surface area contributed by atoms with Gasteiger partial charge in [-0.05, 0) is 94.9 Å². The van der Waals surface area contributed by atoms with Gasteiger partial charge in [-0.25, -0.2) is 4.79 Å². The minimum Gasteiger partial charge on any atom is -0.493 e. The molecular weight excluding hydrogens is 418 g/mol. The first-order valence-corrected chi connectivity index (χ1v) is 11.3. The molecular formula is C27H25NO5. The third kappa shape index (κ3) is 3.25. The Morgan fingerprint density at radius 3 is 2.52 bits per heavy atom. The molecule has 3 heterocycles. The molecule has 6 heteroatoms. The van der Waals surface area contributed by atoms with Crippen LogP contribution < -0.4 is 14.2 Å². The van der Waals surface area contributed by atoms with E-state index in [0.717, 1.165) is 36.0 Å². The van der Waals surface area contributed by atoms with E-state index in [1.54, 1.807) is 26.4 Å².